The molecule has 0 bridgehead atoms. The molecule has 2 aliphatic heterocycles. The van der Waals surface area contributed by atoms with Crippen molar-refractivity contribution in [3.05, 3.63) is 16.6 Å². The van der Waals surface area contributed by atoms with Crippen LogP contribution in [0.5, 0.6) is 0 Å². The molecule has 1 atom stereocenters. The molecular weight excluding hydrogens is 304 g/mol. The lowest BCUT2D eigenvalue weighted by atomic mass is 9.97. The molecule has 120 valence electrons. The Kier molecular flexibility index (Phi) is 6.89. The normalized spacial score (nSPS) is 23.7. The molecule has 3 rings (SSSR count). The van der Waals surface area contributed by atoms with E-state index in [1.807, 2.05) is 6.20 Å². The van der Waals surface area contributed by atoms with Gasteiger partial charge in [-0.3, -0.25) is 4.90 Å². The van der Waals surface area contributed by atoms with E-state index in [2.05, 4.69) is 32.4 Å². The van der Waals surface area contributed by atoms with E-state index < -0.39 is 0 Å². The summed E-state index contributed by atoms with van der Waals surface area (Å²) in [5.41, 5.74) is 0. The number of hydrogen-bond acceptors (Lipinski definition) is 5. The Bertz CT molecular complexity index is 386. The zero-order chi connectivity index (χ0) is 13.8. The molecule has 2 fully saturated rings. The molecule has 2 aliphatic rings. The first-order valence-electron chi connectivity index (χ1n) is 7.89. The summed E-state index contributed by atoms with van der Waals surface area (Å²) < 4.78 is 0. The van der Waals surface area contributed by atoms with Gasteiger partial charge in [-0.15, -0.1) is 23.7 Å². The molecule has 1 aromatic heterocycles. The van der Waals surface area contributed by atoms with Crippen LogP contribution in [0.15, 0.2) is 11.6 Å². The van der Waals surface area contributed by atoms with Gasteiger partial charge in [0.2, 0.25) is 0 Å². The number of thiazole rings is 1. The molecule has 6 heteroatoms. The zero-order valence-corrected chi connectivity index (χ0v) is 14.5. The lowest BCUT2D eigenvalue weighted by Gasteiger charge is -2.39. The molecule has 1 N–H and O–H groups in total. The van der Waals surface area contributed by atoms with Crippen LogP contribution in [0.2, 0.25) is 0 Å². The minimum absolute atomic E-state index is 0. The summed E-state index contributed by atoms with van der Waals surface area (Å²) in [6, 6.07) is 0.482. The Morgan fingerprint density at radius 1 is 1.29 bits per heavy atom. The molecule has 1 unspecified atom stereocenters. The zero-order valence-electron chi connectivity index (χ0n) is 12.8. The molecule has 0 spiro atoms. The van der Waals surface area contributed by atoms with Gasteiger partial charge in [-0.25, -0.2) is 4.98 Å². The molecule has 0 saturated carbocycles. The van der Waals surface area contributed by atoms with Crippen LogP contribution in [-0.4, -0.2) is 60.6 Å². The number of hydrogen-bond donors (Lipinski definition) is 1. The predicted molar refractivity (Wildman–Crippen MR) is 91.4 cm³/mol. The Morgan fingerprint density at radius 3 is 2.62 bits per heavy atom. The highest BCUT2D eigenvalue weighted by Crippen LogP contribution is 2.23. The fourth-order valence-electron chi connectivity index (χ4n) is 3.36. The highest BCUT2D eigenvalue weighted by Gasteiger charge is 2.25. The highest BCUT2D eigenvalue weighted by atomic mass is 35.5. The van der Waals surface area contributed by atoms with Gasteiger partial charge in [0.15, 0.2) is 0 Å². The lowest BCUT2D eigenvalue weighted by Crippen LogP contribution is -2.49. The number of nitrogens with one attached hydrogen (secondary N) is 1. The van der Waals surface area contributed by atoms with Gasteiger partial charge in [-0.1, -0.05) is 0 Å². The predicted octanol–water partition coefficient (Wildman–Crippen LogP) is 2.24. The van der Waals surface area contributed by atoms with Crippen LogP contribution in [0, 0.1) is 5.92 Å². The van der Waals surface area contributed by atoms with E-state index >= 15 is 0 Å². The van der Waals surface area contributed by atoms with Gasteiger partial charge in [0.05, 0.1) is 6.04 Å². The number of piperazine rings is 1. The van der Waals surface area contributed by atoms with Gasteiger partial charge in [0.25, 0.3) is 0 Å². The van der Waals surface area contributed by atoms with E-state index in [9.17, 15) is 0 Å². The van der Waals surface area contributed by atoms with Crippen molar-refractivity contribution in [2.45, 2.75) is 25.8 Å². The van der Waals surface area contributed by atoms with Gasteiger partial charge < -0.3 is 10.2 Å². The SMILES string of the molecule is CC(c1nccs1)N1CCN(CC2CCNCC2)CC1.Cl. The second-order valence-corrected chi connectivity index (χ2v) is 7.00. The topological polar surface area (TPSA) is 31.4 Å². The average molecular weight is 331 g/mol. The summed E-state index contributed by atoms with van der Waals surface area (Å²) in [4.78, 5) is 9.71. The molecule has 0 radical (unpaired) electrons. The van der Waals surface area contributed by atoms with E-state index in [0.29, 0.717) is 6.04 Å². The molecule has 21 heavy (non-hydrogen) atoms. The molecule has 1 aromatic rings. The average Bonchev–Trinajstić information content (AvgIpc) is 3.03. The van der Waals surface area contributed by atoms with E-state index in [4.69, 9.17) is 0 Å². The van der Waals surface area contributed by atoms with E-state index in [-0.39, 0.29) is 12.4 Å². The molecule has 4 nitrogen and oxygen atoms in total. The third-order valence-corrected chi connectivity index (χ3v) is 5.68. The molecule has 0 aromatic carbocycles. The van der Waals surface area contributed by atoms with Crippen LogP contribution in [0.3, 0.4) is 0 Å². The summed E-state index contributed by atoms with van der Waals surface area (Å²) in [6.45, 7) is 10.8. The van der Waals surface area contributed by atoms with E-state index in [1.54, 1.807) is 11.3 Å². The van der Waals surface area contributed by atoms with Crippen LogP contribution < -0.4 is 5.32 Å². The van der Waals surface area contributed by atoms with Crippen LogP contribution in [0.4, 0.5) is 0 Å². The van der Waals surface area contributed by atoms with Crippen LogP contribution in [0.25, 0.3) is 0 Å². The number of halogens is 1. The molecule has 0 amide bonds. The van der Waals surface area contributed by atoms with Gasteiger partial charge in [-0.05, 0) is 38.8 Å². The lowest BCUT2D eigenvalue weighted by molar-refractivity contribution is 0.0868. The summed E-state index contributed by atoms with van der Waals surface area (Å²) in [7, 11) is 0. The van der Waals surface area contributed by atoms with Crippen LogP contribution in [0.1, 0.15) is 30.8 Å². The second-order valence-electron chi connectivity index (χ2n) is 6.08. The van der Waals surface area contributed by atoms with Gasteiger partial charge in [-0.2, -0.15) is 0 Å². The van der Waals surface area contributed by atoms with Crippen molar-refractivity contribution < 1.29 is 0 Å². The molecular formula is C15H27ClN4S. The number of nitrogens with zero attached hydrogens (tertiary/aromatic N) is 3. The molecule has 3 heterocycles. The summed E-state index contributed by atoms with van der Waals surface area (Å²) in [6.07, 6.45) is 4.63. The van der Waals surface area contributed by atoms with Gasteiger partial charge >= 0.3 is 0 Å². The minimum Gasteiger partial charge on any atom is -0.317 e. The molecule has 0 aliphatic carbocycles. The molecule has 2 saturated heterocycles. The fraction of sp³-hybridized carbons (Fsp3) is 0.800. The third kappa shape index (κ3) is 4.63. The quantitative estimate of drug-likeness (QED) is 0.917. The maximum Gasteiger partial charge on any atom is 0.109 e. The van der Waals surface area contributed by atoms with Gasteiger partial charge in [0.1, 0.15) is 5.01 Å². The first-order chi connectivity index (χ1) is 9.83. The monoisotopic (exact) mass is 330 g/mol. The number of rotatable bonds is 4. The Morgan fingerprint density at radius 2 is 2.00 bits per heavy atom. The standard InChI is InChI=1S/C15H26N4S.ClH/c1-13(15-17-6-11-20-15)19-9-7-18(8-10-19)12-14-2-4-16-5-3-14;/h6,11,13-14,16H,2-5,7-10,12H2,1H3;1H. The Hall–Kier alpha value is -0.200. The van der Waals surface area contributed by atoms with E-state index in [0.717, 1.165) is 5.92 Å². The van der Waals surface area contributed by atoms with Crippen molar-refractivity contribution >= 4 is 23.7 Å². The number of piperidine rings is 1. The largest absolute Gasteiger partial charge is 0.317 e. The van der Waals surface area contributed by atoms with Gasteiger partial charge in [0, 0.05) is 44.3 Å². The summed E-state index contributed by atoms with van der Waals surface area (Å²) in [5.74, 6) is 0.916. The maximum absolute atomic E-state index is 4.46. The van der Waals surface area contributed by atoms with Crippen molar-refractivity contribution in [3.63, 3.8) is 0 Å². The van der Waals surface area contributed by atoms with Crippen molar-refractivity contribution in [2.24, 2.45) is 5.92 Å². The first kappa shape index (κ1) is 17.2. The summed E-state index contributed by atoms with van der Waals surface area (Å²) in [5, 5.41) is 6.80. The van der Waals surface area contributed by atoms with Crippen molar-refractivity contribution in [2.75, 3.05) is 45.8 Å². The smallest absolute Gasteiger partial charge is 0.109 e. The minimum atomic E-state index is 0. The van der Waals surface area contributed by atoms with E-state index in [1.165, 1.54) is 63.7 Å². The fourth-order valence-corrected chi connectivity index (χ4v) is 4.09. The Balaban J connectivity index is 0.00000161. The maximum atomic E-state index is 4.46. The van der Waals surface area contributed by atoms with Crippen LogP contribution in [-0.2, 0) is 0 Å². The Labute approximate surface area is 138 Å². The van der Waals surface area contributed by atoms with Crippen molar-refractivity contribution in [1.29, 1.82) is 0 Å². The third-order valence-electron chi connectivity index (χ3n) is 4.74. The second kappa shape index (κ2) is 8.44. The van der Waals surface area contributed by atoms with Crippen LogP contribution >= 0.6 is 23.7 Å². The summed E-state index contributed by atoms with van der Waals surface area (Å²) >= 11 is 1.78. The first-order valence-corrected chi connectivity index (χ1v) is 8.77. The van der Waals surface area contributed by atoms with Crippen molar-refractivity contribution in [3.8, 4) is 0 Å². The van der Waals surface area contributed by atoms with Crippen molar-refractivity contribution in [1.82, 2.24) is 20.1 Å². The number of aromatic nitrogens is 1. The highest BCUT2D eigenvalue weighted by molar-refractivity contribution is 7.09.